The van der Waals surface area contributed by atoms with Crippen molar-refractivity contribution in [1.82, 2.24) is 24.3 Å². The number of aryl methyl sites for hydroxylation is 1. The summed E-state index contributed by atoms with van der Waals surface area (Å²) in [5, 5.41) is 0. The fourth-order valence-corrected chi connectivity index (χ4v) is 4.26. The molecule has 29 heavy (non-hydrogen) atoms. The van der Waals surface area contributed by atoms with Gasteiger partial charge in [-0.25, -0.2) is 4.98 Å². The zero-order valence-electron chi connectivity index (χ0n) is 17.8. The molecule has 4 rings (SSSR count). The third-order valence-corrected chi connectivity index (χ3v) is 5.75. The second-order valence-electron chi connectivity index (χ2n) is 8.23. The highest BCUT2D eigenvalue weighted by Crippen LogP contribution is 2.32. The van der Waals surface area contributed by atoms with E-state index in [4.69, 9.17) is 9.97 Å². The van der Waals surface area contributed by atoms with Crippen LogP contribution in [-0.2, 0) is 19.5 Å². The molecule has 152 valence electrons. The number of allylic oxidation sites excluding steroid dienone is 1. The Morgan fingerprint density at radius 3 is 2.83 bits per heavy atom. The number of hydrogen-bond acceptors (Lipinski definition) is 4. The van der Waals surface area contributed by atoms with Crippen LogP contribution in [0.25, 0.3) is 11.0 Å². The molecule has 0 aliphatic heterocycles. The number of rotatable bonds is 7. The molecular formula is C24H31N5. The van der Waals surface area contributed by atoms with Crippen LogP contribution in [-0.4, -0.2) is 52.0 Å². The fraction of sp³-hybridized carbons (Fsp3) is 0.417. The summed E-state index contributed by atoms with van der Waals surface area (Å²) in [5.74, 6) is 1.12. The standard InChI is InChI=1S/C24H31N5/c1-27(2)16-6-7-17-29-21-13-5-4-12-20(21)26-23(29)18-28(3)22-14-8-10-19-11-9-15-25-24(19)22/h4-7,9,11-13,15,22H,8,10,14,16-18H2,1-3H3/b7-6+. The molecule has 0 N–H and O–H groups in total. The SMILES string of the molecule is CN(C)C/C=C/Cn1c(CN(C)C2CCCc3cccnc32)nc2ccccc21. The van der Waals surface area contributed by atoms with Crippen molar-refractivity contribution in [2.24, 2.45) is 0 Å². The molecule has 0 saturated carbocycles. The van der Waals surface area contributed by atoms with Gasteiger partial charge in [-0.15, -0.1) is 0 Å². The zero-order valence-corrected chi connectivity index (χ0v) is 17.8. The van der Waals surface area contributed by atoms with Gasteiger partial charge in [0.25, 0.3) is 0 Å². The molecule has 1 aliphatic rings. The first-order valence-corrected chi connectivity index (χ1v) is 10.5. The number of pyridine rings is 1. The van der Waals surface area contributed by atoms with E-state index in [1.165, 1.54) is 23.2 Å². The van der Waals surface area contributed by atoms with E-state index in [0.717, 1.165) is 43.8 Å². The smallest absolute Gasteiger partial charge is 0.124 e. The van der Waals surface area contributed by atoms with Gasteiger partial charge in [-0.05, 0) is 64.2 Å². The van der Waals surface area contributed by atoms with Crippen LogP contribution in [0, 0.1) is 0 Å². The summed E-state index contributed by atoms with van der Waals surface area (Å²) in [5.41, 5.74) is 4.91. The molecule has 1 atom stereocenters. The number of hydrogen-bond donors (Lipinski definition) is 0. The first kappa shape index (κ1) is 19.8. The summed E-state index contributed by atoms with van der Waals surface area (Å²) in [6.45, 7) is 2.61. The molecule has 0 amide bonds. The van der Waals surface area contributed by atoms with Crippen molar-refractivity contribution < 1.29 is 0 Å². The predicted molar refractivity (Wildman–Crippen MR) is 119 cm³/mol. The predicted octanol–water partition coefficient (Wildman–Crippen LogP) is 4.06. The molecule has 0 bridgehead atoms. The first-order valence-electron chi connectivity index (χ1n) is 10.5. The van der Waals surface area contributed by atoms with Crippen LogP contribution < -0.4 is 0 Å². The van der Waals surface area contributed by atoms with Crippen LogP contribution in [0.3, 0.4) is 0 Å². The van der Waals surface area contributed by atoms with Crippen LogP contribution in [0.4, 0.5) is 0 Å². The van der Waals surface area contributed by atoms with Crippen molar-refractivity contribution in [3.05, 3.63) is 71.8 Å². The lowest BCUT2D eigenvalue weighted by Gasteiger charge is -2.32. The summed E-state index contributed by atoms with van der Waals surface area (Å²) >= 11 is 0. The van der Waals surface area contributed by atoms with E-state index in [2.05, 4.69) is 84.1 Å². The number of imidazole rings is 1. The van der Waals surface area contributed by atoms with Crippen molar-refractivity contribution in [3.63, 3.8) is 0 Å². The minimum absolute atomic E-state index is 0.359. The van der Waals surface area contributed by atoms with Crippen molar-refractivity contribution in [1.29, 1.82) is 0 Å². The van der Waals surface area contributed by atoms with E-state index in [0.29, 0.717) is 6.04 Å². The maximum Gasteiger partial charge on any atom is 0.124 e. The summed E-state index contributed by atoms with van der Waals surface area (Å²) in [6.07, 6.45) is 9.91. The molecule has 0 spiro atoms. The highest BCUT2D eigenvalue weighted by Gasteiger charge is 2.26. The van der Waals surface area contributed by atoms with Gasteiger partial charge in [0.1, 0.15) is 5.82 Å². The number of nitrogens with zero attached hydrogens (tertiary/aromatic N) is 5. The fourth-order valence-electron chi connectivity index (χ4n) is 4.26. The summed E-state index contributed by atoms with van der Waals surface area (Å²) in [6, 6.07) is 13.1. The second-order valence-corrected chi connectivity index (χ2v) is 8.23. The summed E-state index contributed by atoms with van der Waals surface area (Å²) in [7, 11) is 6.39. The van der Waals surface area contributed by atoms with E-state index < -0.39 is 0 Å². The molecule has 2 heterocycles. The monoisotopic (exact) mass is 389 g/mol. The van der Waals surface area contributed by atoms with E-state index in [-0.39, 0.29) is 0 Å². The molecule has 1 aromatic carbocycles. The topological polar surface area (TPSA) is 37.2 Å². The molecule has 1 unspecified atom stereocenters. The van der Waals surface area contributed by atoms with Gasteiger partial charge >= 0.3 is 0 Å². The van der Waals surface area contributed by atoms with Crippen LogP contribution >= 0.6 is 0 Å². The van der Waals surface area contributed by atoms with Gasteiger partial charge in [0.05, 0.1) is 29.3 Å². The van der Waals surface area contributed by atoms with Gasteiger partial charge in [-0.3, -0.25) is 9.88 Å². The van der Waals surface area contributed by atoms with Crippen molar-refractivity contribution in [2.75, 3.05) is 27.7 Å². The Labute approximate surface area is 173 Å². The Morgan fingerprint density at radius 1 is 1.10 bits per heavy atom. The number of aromatic nitrogens is 3. The van der Waals surface area contributed by atoms with Gasteiger partial charge in [0, 0.05) is 19.3 Å². The van der Waals surface area contributed by atoms with Gasteiger partial charge < -0.3 is 9.47 Å². The quantitative estimate of drug-likeness (QED) is 0.571. The Hall–Kier alpha value is -2.50. The number of para-hydroxylation sites is 2. The molecule has 3 aromatic rings. The second kappa shape index (κ2) is 8.89. The molecule has 0 fully saturated rings. The van der Waals surface area contributed by atoms with Gasteiger partial charge in [-0.1, -0.05) is 30.4 Å². The Balaban J connectivity index is 1.59. The lowest BCUT2D eigenvalue weighted by molar-refractivity contribution is 0.202. The van der Waals surface area contributed by atoms with Crippen LogP contribution in [0.2, 0.25) is 0 Å². The molecule has 2 aromatic heterocycles. The normalized spacial score (nSPS) is 16.9. The summed E-state index contributed by atoms with van der Waals surface area (Å²) in [4.78, 5) is 14.3. The Morgan fingerprint density at radius 2 is 1.97 bits per heavy atom. The third kappa shape index (κ3) is 4.41. The number of benzene rings is 1. The number of fused-ring (bicyclic) bond motifs is 2. The molecule has 0 saturated heterocycles. The largest absolute Gasteiger partial charge is 0.323 e. The lowest BCUT2D eigenvalue weighted by Crippen LogP contribution is -2.29. The highest BCUT2D eigenvalue weighted by atomic mass is 15.2. The maximum atomic E-state index is 4.97. The number of likely N-dealkylation sites (N-methyl/N-ethyl adjacent to an activating group) is 1. The Kier molecular flexibility index (Phi) is 6.07. The molecule has 5 nitrogen and oxygen atoms in total. The first-order chi connectivity index (χ1) is 14.1. The van der Waals surface area contributed by atoms with E-state index in [9.17, 15) is 0 Å². The third-order valence-electron chi connectivity index (χ3n) is 5.75. The summed E-state index contributed by atoms with van der Waals surface area (Å²) < 4.78 is 2.35. The zero-order chi connectivity index (χ0) is 20.2. The minimum Gasteiger partial charge on any atom is -0.323 e. The van der Waals surface area contributed by atoms with Crippen LogP contribution in [0.1, 0.15) is 36.0 Å². The molecule has 0 radical (unpaired) electrons. The van der Waals surface area contributed by atoms with E-state index >= 15 is 0 Å². The average Bonchev–Trinajstić information content (AvgIpc) is 3.07. The van der Waals surface area contributed by atoms with E-state index in [1.54, 1.807) is 0 Å². The lowest BCUT2D eigenvalue weighted by atomic mass is 9.91. The molecule has 1 aliphatic carbocycles. The van der Waals surface area contributed by atoms with Gasteiger partial charge in [0.15, 0.2) is 0 Å². The van der Waals surface area contributed by atoms with E-state index in [1.807, 2.05) is 6.20 Å². The molecular weight excluding hydrogens is 358 g/mol. The van der Waals surface area contributed by atoms with Gasteiger partial charge in [-0.2, -0.15) is 0 Å². The van der Waals surface area contributed by atoms with Gasteiger partial charge in [0.2, 0.25) is 0 Å². The van der Waals surface area contributed by atoms with Crippen molar-refractivity contribution in [2.45, 2.75) is 38.4 Å². The Bertz CT molecular complexity index is 988. The van der Waals surface area contributed by atoms with Crippen molar-refractivity contribution >= 4 is 11.0 Å². The van der Waals surface area contributed by atoms with Crippen LogP contribution in [0.5, 0.6) is 0 Å². The maximum absolute atomic E-state index is 4.97. The molecule has 5 heteroatoms. The van der Waals surface area contributed by atoms with Crippen molar-refractivity contribution in [3.8, 4) is 0 Å². The highest BCUT2D eigenvalue weighted by molar-refractivity contribution is 5.75. The van der Waals surface area contributed by atoms with Crippen LogP contribution in [0.15, 0.2) is 54.7 Å². The minimum atomic E-state index is 0.359. The average molecular weight is 390 g/mol.